The molecule has 13 heavy (non-hydrogen) atoms. The number of likely N-dealkylation sites (tertiary alicyclic amines) is 1. The molecule has 0 unspecified atom stereocenters. The van der Waals surface area contributed by atoms with E-state index in [1.165, 1.54) is 51.6 Å². The smallest absolute Gasteiger partial charge is 0.0586 e. The molecular weight excluding hydrogens is 162 g/mol. The number of rotatable bonds is 5. The van der Waals surface area contributed by atoms with E-state index in [4.69, 9.17) is 0 Å². The van der Waals surface area contributed by atoms with Crippen molar-refractivity contribution in [3.05, 3.63) is 0 Å². The normalized spacial score (nSPS) is 24.9. The van der Waals surface area contributed by atoms with Gasteiger partial charge >= 0.3 is 0 Å². The third-order valence-electron chi connectivity index (χ3n) is 3.01. The number of hydrogen-bond donors (Lipinski definition) is 1. The Morgan fingerprint density at radius 2 is 2.15 bits per heavy atom. The highest BCUT2D eigenvalue weighted by molar-refractivity contribution is 4.75. The summed E-state index contributed by atoms with van der Waals surface area (Å²) in [5, 5.41) is 9.18. The SMILES string of the molecule is CCCCCN1CCCC[C@@H]1CO. The molecule has 0 bridgehead atoms. The quantitative estimate of drug-likeness (QED) is 0.662. The third-order valence-corrected chi connectivity index (χ3v) is 3.01. The lowest BCUT2D eigenvalue weighted by Gasteiger charge is -2.34. The summed E-state index contributed by atoms with van der Waals surface area (Å²) in [4.78, 5) is 2.47. The third kappa shape index (κ3) is 3.65. The van der Waals surface area contributed by atoms with E-state index in [1.54, 1.807) is 0 Å². The number of nitrogens with zero attached hydrogens (tertiary/aromatic N) is 1. The molecule has 1 aliphatic heterocycles. The van der Waals surface area contributed by atoms with E-state index in [0.717, 1.165) is 0 Å². The lowest BCUT2D eigenvalue weighted by Crippen LogP contribution is -2.42. The molecule has 1 saturated heterocycles. The van der Waals surface area contributed by atoms with E-state index in [9.17, 15) is 5.11 Å². The van der Waals surface area contributed by atoms with Crippen LogP contribution < -0.4 is 0 Å². The van der Waals surface area contributed by atoms with Gasteiger partial charge < -0.3 is 5.11 Å². The van der Waals surface area contributed by atoms with E-state index in [0.29, 0.717) is 12.6 Å². The summed E-state index contributed by atoms with van der Waals surface area (Å²) in [7, 11) is 0. The predicted molar refractivity (Wildman–Crippen MR) is 55.8 cm³/mol. The molecule has 1 heterocycles. The van der Waals surface area contributed by atoms with Crippen molar-refractivity contribution < 1.29 is 5.11 Å². The average molecular weight is 185 g/mol. The summed E-state index contributed by atoms with van der Waals surface area (Å²) in [6.07, 6.45) is 7.74. The number of unbranched alkanes of at least 4 members (excludes halogenated alkanes) is 2. The summed E-state index contributed by atoms with van der Waals surface area (Å²) >= 11 is 0. The Morgan fingerprint density at radius 1 is 1.31 bits per heavy atom. The van der Waals surface area contributed by atoms with Crippen LogP contribution in [0.15, 0.2) is 0 Å². The van der Waals surface area contributed by atoms with Gasteiger partial charge in [-0.2, -0.15) is 0 Å². The Balaban J connectivity index is 2.19. The highest BCUT2D eigenvalue weighted by Crippen LogP contribution is 2.17. The van der Waals surface area contributed by atoms with Crippen molar-refractivity contribution in [1.82, 2.24) is 4.90 Å². The Kier molecular flexibility index (Phi) is 5.40. The summed E-state index contributed by atoms with van der Waals surface area (Å²) < 4.78 is 0. The zero-order chi connectivity index (χ0) is 9.52. The minimum atomic E-state index is 0.353. The Hall–Kier alpha value is -0.0800. The fraction of sp³-hybridized carbons (Fsp3) is 1.00. The van der Waals surface area contributed by atoms with Gasteiger partial charge in [-0.15, -0.1) is 0 Å². The van der Waals surface area contributed by atoms with Gasteiger partial charge in [0.1, 0.15) is 0 Å². The van der Waals surface area contributed by atoms with Crippen molar-refractivity contribution >= 4 is 0 Å². The molecular formula is C11H23NO. The Bertz CT molecular complexity index is 127. The van der Waals surface area contributed by atoms with E-state index in [1.807, 2.05) is 0 Å². The molecule has 2 nitrogen and oxygen atoms in total. The largest absolute Gasteiger partial charge is 0.395 e. The molecule has 1 rings (SSSR count). The molecule has 2 heteroatoms. The first-order valence-electron chi connectivity index (χ1n) is 5.73. The molecule has 0 aromatic heterocycles. The average Bonchev–Trinajstić information content (AvgIpc) is 2.19. The van der Waals surface area contributed by atoms with Crippen molar-refractivity contribution in [2.24, 2.45) is 0 Å². The number of piperidine rings is 1. The van der Waals surface area contributed by atoms with Gasteiger partial charge in [0, 0.05) is 6.04 Å². The summed E-state index contributed by atoms with van der Waals surface area (Å²) in [5.41, 5.74) is 0. The molecule has 0 spiro atoms. The molecule has 1 N–H and O–H groups in total. The van der Waals surface area contributed by atoms with Crippen LogP contribution >= 0.6 is 0 Å². The van der Waals surface area contributed by atoms with E-state index >= 15 is 0 Å². The number of aliphatic hydroxyl groups is 1. The first-order chi connectivity index (χ1) is 6.38. The lowest BCUT2D eigenvalue weighted by atomic mass is 10.0. The Morgan fingerprint density at radius 3 is 2.85 bits per heavy atom. The minimum Gasteiger partial charge on any atom is -0.395 e. The van der Waals surface area contributed by atoms with Crippen LogP contribution in [0.5, 0.6) is 0 Å². The maximum Gasteiger partial charge on any atom is 0.0586 e. The standard InChI is InChI=1S/C11H23NO/c1-2-3-5-8-12-9-6-4-7-11(12)10-13/h11,13H,2-10H2,1H3/t11-/m1/s1. The van der Waals surface area contributed by atoms with Crippen LogP contribution in [0.25, 0.3) is 0 Å². The van der Waals surface area contributed by atoms with Crippen molar-refractivity contribution in [2.75, 3.05) is 19.7 Å². The summed E-state index contributed by atoms with van der Waals surface area (Å²) in [5.74, 6) is 0. The van der Waals surface area contributed by atoms with Crippen molar-refractivity contribution in [1.29, 1.82) is 0 Å². The van der Waals surface area contributed by atoms with Gasteiger partial charge in [0.25, 0.3) is 0 Å². The van der Waals surface area contributed by atoms with Gasteiger partial charge in [-0.3, -0.25) is 4.90 Å². The van der Waals surface area contributed by atoms with E-state index in [-0.39, 0.29) is 0 Å². The second kappa shape index (κ2) is 6.39. The monoisotopic (exact) mass is 185 g/mol. The highest BCUT2D eigenvalue weighted by Gasteiger charge is 2.20. The van der Waals surface area contributed by atoms with Crippen molar-refractivity contribution in [3.63, 3.8) is 0 Å². The first kappa shape index (κ1) is 11.0. The van der Waals surface area contributed by atoms with Gasteiger partial charge in [-0.05, 0) is 32.4 Å². The molecule has 0 aliphatic carbocycles. The molecule has 0 radical (unpaired) electrons. The van der Waals surface area contributed by atoms with E-state index in [2.05, 4.69) is 11.8 Å². The second-order valence-electron chi connectivity index (χ2n) is 4.08. The van der Waals surface area contributed by atoms with Gasteiger partial charge in [-0.25, -0.2) is 0 Å². The van der Waals surface area contributed by atoms with Crippen LogP contribution in [0.3, 0.4) is 0 Å². The van der Waals surface area contributed by atoms with Crippen LogP contribution in [0.2, 0.25) is 0 Å². The van der Waals surface area contributed by atoms with Crippen LogP contribution in [-0.2, 0) is 0 Å². The topological polar surface area (TPSA) is 23.5 Å². The second-order valence-corrected chi connectivity index (χ2v) is 4.08. The molecule has 1 atom stereocenters. The fourth-order valence-corrected chi connectivity index (χ4v) is 2.13. The van der Waals surface area contributed by atoms with Gasteiger partial charge in [0.2, 0.25) is 0 Å². The first-order valence-corrected chi connectivity index (χ1v) is 5.73. The zero-order valence-electron chi connectivity index (χ0n) is 8.84. The lowest BCUT2D eigenvalue weighted by molar-refractivity contribution is 0.0887. The Labute approximate surface area is 81.9 Å². The molecule has 1 aliphatic rings. The summed E-state index contributed by atoms with van der Waals surface area (Å²) in [6.45, 7) is 4.99. The van der Waals surface area contributed by atoms with Crippen LogP contribution in [0, 0.1) is 0 Å². The van der Waals surface area contributed by atoms with Gasteiger partial charge in [0.05, 0.1) is 6.61 Å². The minimum absolute atomic E-state index is 0.353. The van der Waals surface area contributed by atoms with Crippen molar-refractivity contribution in [2.45, 2.75) is 51.5 Å². The predicted octanol–water partition coefficient (Wildman–Crippen LogP) is 2.02. The van der Waals surface area contributed by atoms with Gasteiger partial charge in [0.15, 0.2) is 0 Å². The molecule has 1 fully saturated rings. The maximum absolute atomic E-state index is 9.18. The van der Waals surface area contributed by atoms with E-state index < -0.39 is 0 Å². The fourth-order valence-electron chi connectivity index (χ4n) is 2.13. The molecule has 0 amide bonds. The number of hydrogen-bond acceptors (Lipinski definition) is 2. The highest BCUT2D eigenvalue weighted by atomic mass is 16.3. The van der Waals surface area contributed by atoms with Crippen LogP contribution in [0.1, 0.15) is 45.4 Å². The number of aliphatic hydroxyl groups excluding tert-OH is 1. The molecule has 78 valence electrons. The summed E-state index contributed by atoms with van der Waals surface area (Å²) in [6, 6.07) is 0.464. The molecule has 0 saturated carbocycles. The van der Waals surface area contributed by atoms with Crippen LogP contribution in [-0.4, -0.2) is 35.7 Å². The van der Waals surface area contributed by atoms with Crippen molar-refractivity contribution in [3.8, 4) is 0 Å². The molecule has 0 aromatic rings. The molecule has 0 aromatic carbocycles. The van der Waals surface area contributed by atoms with Crippen LogP contribution in [0.4, 0.5) is 0 Å². The van der Waals surface area contributed by atoms with Gasteiger partial charge in [-0.1, -0.05) is 26.2 Å². The maximum atomic E-state index is 9.18. The zero-order valence-corrected chi connectivity index (χ0v) is 8.84.